The molecule has 0 saturated carbocycles. The van der Waals surface area contributed by atoms with Crippen LogP contribution in [0.25, 0.3) is 0 Å². The van der Waals surface area contributed by atoms with E-state index in [2.05, 4.69) is 12.6 Å². The average molecular weight is 277 g/mol. The minimum Gasteiger partial charge on any atom is -0.381 e. The van der Waals surface area contributed by atoms with E-state index in [0.717, 1.165) is 41.7 Å². The highest BCUT2D eigenvalue weighted by atomic mass is 35.5. The maximum Gasteiger partial charge on any atom is 0.0507 e. The molecule has 1 fully saturated rings. The first kappa shape index (κ1) is 12.6. The standard InChI is InChI=1S/C12H14Cl2OS/c13-10-1-2-11(14)8(6-10)5-9-7-15-4-3-12(9)16/h1-2,6,9,12,16H,3-5,7H2/t9-,12+/m1/s1. The summed E-state index contributed by atoms with van der Waals surface area (Å²) in [7, 11) is 0. The molecule has 0 aliphatic carbocycles. The van der Waals surface area contributed by atoms with Gasteiger partial charge in [0.2, 0.25) is 0 Å². The molecular formula is C12H14Cl2OS. The lowest BCUT2D eigenvalue weighted by atomic mass is 9.93. The van der Waals surface area contributed by atoms with Gasteiger partial charge in [0, 0.05) is 21.9 Å². The van der Waals surface area contributed by atoms with Crippen molar-refractivity contribution >= 4 is 35.8 Å². The Hall–Kier alpha value is 0.110. The van der Waals surface area contributed by atoms with Gasteiger partial charge in [0.05, 0.1) is 6.61 Å². The van der Waals surface area contributed by atoms with Gasteiger partial charge in [-0.3, -0.25) is 0 Å². The van der Waals surface area contributed by atoms with Gasteiger partial charge in [-0.2, -0.15) is 12.6 Å². The molecule has 1 aliphatic rings. The summed E-state index contributed by atoms with van der Waals surface area (Å²) in [6, 6.07) is 5.58. The molecular weight excluding hydrogens is 263 g/mol. The molecule has 1 aliphatic heterocycles. The molecule has 2 rings (SSSR count). The third-order valence-electron chi connectivity index (χ3n) is 2.92. The molecule has 1 saturated heterocycles. The number of halogens is 2. The van der Waals surface area contributed by atoms with E-state index in [1.54, 1.807) is 0 Å². The zero-order valence-electron chi connectivity index (χ0n) is 8.83. The topological polar surface area (TPSA) is 9.23 Å². The molecule has 0 N–H and O–H groups in total. The fraction of sp³-hybridized carbons (Fsp3) is 0.500. The Balaban J connectivity index is 2.10. The van der Waals surface area contributed by atoms with Crippen molar-refractivity contribution < 1.29 is 4.74 Å². The van der Waals surface area contributed by atoms with Crippen molar-refractivity contribution in [3.63, 3.8) is 0 Å². The highest BCUT2D eigenvalue weighted by molar-refractivity contribution is 7.81. The van der Waals surface area contributed by atoms with E-state index < -0.39 is 0 Å². The number of thiol groups is 1. The van der Waals surface area contributed by atoms with Crippen molar-refractivity contribution in [2.45, 2.75) is 18.1 Å². The van der Waals surface area contributed by atoms with Crippen LogP contribution >= 0.6 is 35.8 Å². The summed E-state index contributed by atoms with van der Waals surface area (Å²) in [5.41, 5.74) is 1.09. The second-order valence-corrected chi connectivity index (χ2v) is 5.64. The van der Waals surface area contributed by atoms with Crippen LogP contribution in [-0.2, 0) is 11.2 Å². The SMILES string of the molecule is S[C@H]1CCOC[C@H]1Cc1cc(Cl)ccc1Cl. The monoisotopic (exact) mass is 276 g/mol. The quantitative estimate of drug-likeness (QED) is 0.807. The fourth-order valence-corrected chi connectivity index (χ4v) is 2.65. The highest BCUT2D eigenvalue weighted by Gasteiger charge is 2.23. The molecule has 0 radical (unpaired) electrons. The maximum atomic E-state index is 6.14. The van der Waals surface area contributed by atoms with E-state index in [9.17, 15) is 0 Å². The van der Waals surface area contributed by atoms with E-state index in [-0.39, 0.29) is 0 Å². The Morgan fingerprint density at radius 2 is 2.19 bits per heavy atom. The van der Waals surface area contributed by atoms with Gasteiger partial charge in [0.1, 0.15) is 0 Å². The molecule has 4 heteroatoms. The fourth-order valence-electron chi connectivity index (χ4n) is 1.96. The zero-order chi connectivity index (χ0) is 11.5. The number of hydrogen-bond donors (Lipinski definition) is 1. The van der Waals surface area contributed by atoms with Crippen LogP contribution in [0.4, 0.5) is 0 Å². The highest BCUT2D eigenvalue weighted by Crippen LogP contribution is 2.28. The molecule has 88 valence electrons. The number of hydrogen-bond acceptors (Lipinski definition) is 2. The van der Waals surface area contributed by atoms with Crippen LogP contribution in [-0.4, -0.2) is 18.5 Å². The third kappa shape index (κ3) is 3.07. The molecule has 16 heavy (non-hydrogen) atoms. The lowest BCUT2D eigenvalue weighted by Crippen LogP contribution is -2.29. The number of ether oxygens (including phenoxy) is 1. The molecule has 1 heterocycles. The summed E-state index contributed by atoms with van der Waals surface area (Å²) in [5, 5.41) is 1.89. The van der Waals surface area contributed by atoms with Gasteiger partial charge in [-0.1, -0.05) is 23.2 Å². The molecule has 1 aromatic rings. The Labute approximate surface area is 111 Å². The Morgan fingerprint density at radius 1 is 1.38 bits per heavy atom. The van der Waals surface area contributed by atoms with Crippen molar-refractivity contribution in [1.82, 2.24) is 0 Å². The van der Waals surface area contributed by atoms with Crippen LogP contribution < -0.4 is 0 Å². The van der Waals surface area contributed by atoms with Crippen LogP contribution in [0.2, 0.25) is 10.0 Å². The molecule has 2 atom stereocenters. The first-order valence-corrected chi connectivity index (χ1v) is 6.64. The smallest absolute Gasteiger partial charge is 0.0507 e. The minimum atomic E-state index is 0.392. The van der Waals surface area contributed by atoms with Crippen molar-refractivity contribution in [1.29, 1.82) is 0 Å². The van der Waals surface area contributed by atoms with Gasteiger partial charge in [-0.15, -0.1) is 0 Å². The van der Waals surface area contributed by atoms with Gasteiger partial charge in [-0.05, 0) is 42.5 Å². The molecule has 0 unspecified atom stereocenters. The summed E-state index contributed by atoms with van der Waals surface area (Å²) in [6.45, 7) is 1.57. The van der Waals surface area contributed by atoms with Crippen molar-refractivity contribution in [3.8, 4) is 0 Å². The Bertz CT molecular complexity index is 370. The number of rotatable bonds is 2. The van der Waals surface area contributed by atoms with Gasteiger partial charge < -0.3 is 4.74 Å². The second kappa shape index (κ2) is 5.63. The van der Waals surface area contributed by atoms with Crippen molar-refractivity contribution in [3.05, 3.63) is 33.8 Å². The summed E-state index contributed by atoms with van der Waals surface area (Å²) in [6.07, 6.45) is 1.89. The first-order valence-electron chi connectivity index (χ1n) is 5.36. The summed E-state index contributed by atoms with van der Waals surface area (Å²) < 4.78 is 5.47. The van der Waals surface area contributed by atoms with Crippen LogP contribution in [0.1, 0.15) is 12.0 Å². The van der Waals surface area contributed by atoms with Crippen LogP contribution in [0.3, 0.4) is 0 Å². The Morgan fingerprint density at radius 3 is 2.94 bits per heavy atom. The average Bonchev–Trinajstić information content (AvgIpc) is 2.27. The van der Waals surface area contributed by atoms with E-state index >= 15 is 0 Å². The summed E-state index contributed by atoms with van der Waals surface area (Å²) in [4.78, 5) is 0. The van der Waals surface area contributed by atoms with E-state index in [4.69, 9.17) is 27.9 Å². The largest absolute Gasteiger partial charge is 0.381 e. The van der Waals surface area contributed by atoms with Crippen LogP contribution in [0.5, 0.6) is 0 Å². The molecule has 0 spiro atoms. The predicted molar refractivity (Wildman–Crippen MR) is 71.9 cm³/mol. The first-order chi connectivity index (χ1) is 7.66. The van der Waals surface area contributed by atoms with E-state index in [0.29, 0.717) is 11.2 Å². The molecule has 0 amide bonds. The molecule has 0 aromatic heterocycles. The normalized spacial score (nSPS) is 25.7. The van der Waals surface area contributed by atoms with Crippen molar-refractivity contribution in [2.75, 3.05) is 13.2 Å². The number of benzene rings is 1. The summed E-state index contributed by atoms with van der Waals surface area (Å²) >= 11 is 16.7. The molecule has 1 nitrogen and oxygen atoms in total. The lowest BCUT2D eigenvalue weighted by molar-refractivity contribution is 0.0596. The maximum absolute atomic E-state index is 6.14. The van der Waals surface area contributed by atoms with Gasteiger partial charge in [-0.25, -0.2) is 0 Å². The van der Waals surface area contributed by atoms with E-state index in [1.165, 1.54) is 0 Å². The third-order valence-corrected chi connectivity index (χ3v) is 4.21. The molecule has 1 aromatic carbocycles. The Kier molecular flexibility index (Phi) is 4.42. The minimum absolute atomic E-state index is 0.392. The summed E-state index contributed by atoms with van der Waals surface area (Å²) in [5.74, 6) is 0.424. The zero-order valence-corrected chi connectivity index (χ0v) is 11.2. The molecule has 0 bridgehead atoms. The van der Waals surface area contributed by atoms with E-state index in [1.807, 2.05) is 18.2 Å². The van der Waals surface area contributed by atoms with Crippen LogP contribution in [0.15, 0.2) is 18.2 Å². The lowest BCUT2D eigenvalue weighted by Gasteiger charge is -2.28. The van der Waals surface area contributed by atoms with Gasteiger partial charge in [0.25, 0.3) is 0 Å². The van der Waals surface area contributed by atoms with Crippen LogP contribution in [0, 0.1) is 5.92 Å². The second-order valence-electron chi connectivity index (χ2n) is 4.13. The predicted octanol–water partition coefficient (Wildman–Crippen LogP) is 3.87. The van der Waals surface area contributed by atoms with Crippen molar-refractivity contribution in [2.24, 2.45) is 5.92 Å². The van der Waals surface area contributed by atoms with Gasteiger partial charge >= 0.3 is 0 Å². The van der Waals surface area contributed by atoms with Gasteiger partial charge in [0.15, 0.2) is 0 Å².